The molecule has 2 aromatic rings. The number of nitrogens with zero attached hydrogens (tertiary/aromatic N) is 1. The SMILES string of the molecule is Cc1ccc(C(=O)N2CCC(CC(=O)NC(C)c3ccc4c(c3)OCCO4)CC2)cc1. The molecule has 0 bridgehead atoms. The number of rotatable bonds is 5. The van der Waals surface area contributed by atoms with E-state index in [0.717, 1.165) is 41.0 Å². The van der Waals surface area contributed by atoms with E-state index in [-0.39, 0.29) is 17.9 Å². The Balaban J connectivity index is 1.25. The van der Waals surface area contributed by atoms with Crippen molar-refractivity contribution in [1.82, 2.24) is 10.2 Å². The molecule has 0 aromatic heterocycles. The maximum absolute atomic E-state index is 12.7. The molecule has 1 fully saturated rings. The van der Waals surface area contributed by atoms with Gasteiger partial charge in [-0.15, -0.1) is 0 Å². The number of carbonyl (C=O) groups excluding carboxylic acids is 2. The van der Waals surface area contributed by atoms with Gasteiger partial charge in [0.15, 0.2) is 11.5 Å². The summed E-state index contributed by atoms with van der Waals surface area (Å²) in [5, 5.41) is 3.10. The normalized spacial score (nSPS) is 17.2. The number of amides is 2. The molecule has 2 aliphatic rings. The summed E-state index contributed by atoms with van der Waals surface area (Å²) >= 11 is 0. The Labute approximate surface area is 183 Å². The smallest absolute Gasteiger partial charge is 0.253 e. The Bertz CT molecular complexity index is 933. The highest BCUT2D eigenvalue weighted by Gasteiger charge is 2.25. The van der Waals surface area contributed by atoms with Crippen LogP contribution in [0.3, 0.4) is 0 Å². The molecular weight excluding hydrogens is 392 g/mol. The number of likely N-dealkylation sites (tertiary alicyclic amines) is 1. The molecule has 1 saturated heterocycles. The molecule has 0 radical (unpaired) electrons. The number of nitrogens with one attached hydrogen (secondary N) is 1. The Hall–Kier alpha value is -3.02. The van der Waals surface area contributed by atoms with Crippen LogP contribution in [0.15, 0.2) is 42.5 Å². The standard InChI is InChI=1S/C25H30N2O4/c1-17-3-5-20(6-4-17)25(29)27-11-9-19(10-12-27)15-24(28)26-18(2)21-7-8-22-23(16-21)31-14-13-30-22/h3-8,16,18-19H,9-15H2,1-2H3,(H,26,28). The highest BCUT2D eigenvalue weighted by molar-refractivity contribution is 5.94. The molecule has 1 unspecified atom stereocenters. The van der Waals surface area contributed by atoms with Gasteiger partial charge in [-0.1, -0.05) is 23.8 Å². The van der Waals surface area contributed by atoms with E-state index in [1.807, 2.05) is 61.2 Å². The van der Waals surface area contributed by atoms with Crippen LogP contribution in [0.2, 0.25) is 0 Å². The van der Waals surface area contributed by atoms with Gasteiger partial charge < -0.3 is 19.7 Å². The molecular formula is C25H30N2O4. The first-order valence-electron chi connectivity index (χ1n) is 11.0. The predicted molar refractivity (Wildman–Crippen MR) is 118 cm³/mol. The van der Waals surface area contributed by atoms with Crippen molar-refractivity contribution >= 4 is 11.8 Å². The number of hydrogen-bond donors (Lipinski definition) is 1. The lowest BCUT2D eigenvalue weighted by Gasteiger charge is -2.32. The van der Waals surface area contributed by atoms with Crippen molar-refractivity contribution in [3.8, 4) is 11.5 Å². The zero-order valence-corrected chi connectivity index (χ0v) is 18.2. The minimum atomic E-state index is -0.105. The molecule has 0 spiro atoms. The average Bonchev–Trinajstić information content (AvgIpc) is 2.79. The third kappa shape index (κ3) is 5.19. The van der Waals surface area contributed by atoms with Crippen LogP contribution in [0.5, 0.6) is 11.5 Å². The molecule has 31 heavy (non-hydrogen) atoms. The van der Waals surface area contributed by atoms with Crippen molar-refractivity contribution in [3.05, 3.63) is 59.2 Å². The number of hydrogen-bond acceptors (Lipinski definition) is 4. The van der Waals surface area contributed by atoms with Gasteiger partial charge in [0.25, 0.3) is 5.91 Å². The first kappa shape index (κ1) is 21.2. The highest BCUT2D eigenvalue weighted by atomic mass is 16.6. The van der Waals surface area contributed by atoms with Crippen LogP contribution >= 0.6 is 0 Å². The Morgan fingerprint density at radius 2 is 1.71 bits per heavy atom. The minimum Gasteiger partial charge on any atom is -0.486 e. The summed E-state index contributed by atoms with van der Waals surface area (Å²) in [6.07, 6.45) is 2.19. The lowest BCUT2D eigenvalue weighted by atomic mass is 9.92. The van der Waals surface area contributed by atoms with Gasteiger partial charge in [0, 0.05) is 25.1 Å². The fourth-order valence-electron chi connectivity index (χ4n) is 4.19. The van der Waals surface area contributed by atoms with Crippen molar-refractivity contribution in [1.29, 1.82) is 0 Å². The van der Waals surface area contributed by atoms with Crippen molar-refractivity contribution in [3.63, 3.8) is 0 Å². The Morgan fingerprint density at radius 1 is 1.03 bits per heavy atom. The number of aryl methyl sites for hydroxylation is 1. The molecule has 1 N–H and O–H groups in total. The van der Waals surface area contributed by atoms with Gasteiger partial charge in [0.05, 0.1) is 6.04 Å². The van der Waals surface area contributed by atoms with E-state index < -0.39 is 0 Å². The van der Waals surface area contributed by atoms with E-state index in [9.17, 15) is 9.59 Å². The van der Waals surface area contributed by atoms with E-state index in [4.69, 9.17) is 9.47 Å². The number of carbonyl (C=O) groups is 2. The fourth-order valence-corrected chi connectivity index (χ4v) is 4.19. The maximum atomic E-state index is 12.7. The number of benzene rings is 2. The molecule has 4 rings (SSSR count). The van der Waals surface area contributed by atoms with Gasteiger partial charge >= 0.3 is 0 Å². The number of fused-ring (bicyclic) bond motifs is 1. The highest BCUT2D eigenvalue weighted by Crippen LogP contribution is 2.32. The van der Waals surface area contributed by atoms with Crippen LogP contribution < -0.4 is 14.8 Å². The van der Waals surface area contributed by atoms with Crippen LogP contribution in [0.1, 0.15) is 53.7 Å². The van der Waals surface area contributed by atoms with Crippen LogP contribution in [0.25, 0.3) is 0 Å². The van der Waals surface area contributed by atoms with E-state index in [2.05, 4.69) is 5.32 Å². The molecule has 2 aliphatic heterocycles. The quantitative estimate of drug-likeness (QED) is 0.794. The van der Waals surface area contributed by atoms with Gasteiger partial charge in [-0.2, -0.15) is 0 Å². The lowest BCUT2D eigenvalue weighted by molar-refractivity contribution is -0.122. The summed E-state index contributed by atoms with van der Waals surface area (Å²) in [6.45, 7) is 6.49. The van der Waals surface area contributed by atoms with Gasteiger partial charge in [-0.05, 0) is 62.4 Å². The van der Waals surface area contributed by atoms with Crippen LogP contribution in [0, 0.1) is 12.8 Å². The summed E-state index contributed by atoms with van der Waals surface area (Å²) in [5.41, 5.74) is 2.87. The maximum Gasteiger partial charge on any atom is 0.253 e. The third-order valence-corrected chi connectivity index (χ3v) is 6.12. The Kier molecular flexibility index (Phi) is 6.44. The van der Waals surface area contributed by atoms with Crippen molar-refractivity contribution in [2.24, 2.45) is 5.92 Å². The molecule has 2 heterocycles. The van der Waals surface area contributed by atoms with Crippen LogP contribution in [-0.4, -0.2) is 43.0 Å². The predicted octanol–water partition coefficient (Wildman–Crippen LogP) is 3.89. The van der Waals surface area contributed by atoms with E-state index in [1.165, 1.54) is 0 Å². The monoisotopic (exact) mass is 422 g/mol. The zero-order valence-electron chi connectivity index (χ0n) is 18.2. The summed E-state index contributed by atoms with van der Waals surface area (Å²) in [6, 6.07) is 13.4. The molecule has 2 amide bonds. The number of piperidine rings is 1. The molecule has 2 aromatic carbocycles. The summed E-state index contributed by atoms with van der Waals surface area (Å²) in [7, 11) is 0. The zero-order chi connectivity index (χ0) is 21.8. The lowest BCUT2D eigenvalue weighted by Crippen LogP contribution is -2.39. The third-order valence-electron chi connectivity index (χ3n) is 6.12. The second-order valence-electron chi connectivity index (χ2n) is 8.50. The fraction of sp³-hybridized carbons (Fsp3) is 0.440. The first-order valence-corrected chi connectivity index (χ1v) is 11.0. The van der Waals surface area contributed by atoms with Gasteiger partial charge in [0.2, 0.25) is 5.91 Å². The minimum absolute atomic E-state index is 0.0469. The summed E-state index contributed by atoms with van der Waals surface area (Å²) in [4.78, 5) is 27.2. The van der Waals surface area contributed by atoms with Crippen LogP contribution in [0.4, 0.5) is 0 Å². The van der Waals surface area contributed by atoms with Crippen molar-refractivity contribution < 1.29 is 19.1 Å². The summed E-state index contributed by atoms with van der Waals surface area (Å²) < 4.78 is 11.2. The van der Waals surface area contributed by atoms with E-state index in [0.29, 0.717) is 38.6 Å². The number of ether oxygens (including phenoxy) is 2. The van der Waals surface area contributed by atoms with E-state index in [1.54, 1.807) is 0 Å². The van der Waals surface area contributed by atoms with Crippen molar-refractivity contribution in [2.75, 3.05) is 26.3 Å². The molecule has 1 atom stereocenters. The van der Waals surface area contributed by atoms with Crippen LogP contribution in [-0.2, 0) is 4.79 Å². The van der Waals surface area contributed by atoms with Gasteiger partial charge in [0.1, 0.15) is 13.2 Å². The van der Waals surface area contributed by atoms with Gasteiger partial charge in [-0.25, -0.2) is 0 Å². The second kappa shape index (κ2) is 9.41. The Morgan fingerprint density at radius 3 is 2.42 bits per heavy atom. The second-order valence-corrected chi connectivity index (χ2v) is 8.50. The molecule has 0 aliphatic carbocycles. The topological polar surface area (TPSA) is 67.9 Å². The largest absolute Gasteiger partial charge is 0.486 e. The molecule has 6 heteroatoms. The molecule has 6 nitrogen and oxygen atoms in total. The first-order chi connectivity index (χ1) is 15.0. The average molecular weight is 423 g/mol. The van der Waals surface area contributed by atoms with E-state index >= 15 is 0 Å². The molecule has 0 saturated carbocycles. The van der Waals surface area contributed by atoms with Gasteiger partial charge in [-0.3, -0.25) is 9.59 Å². The van der Waals surface area contributed by atoms with Crippen molar-refractivity contribution in [2.45, 2.75) is 39.2 Å². The molecule has 164 valence electrons. The summed E-state index contributed by atoms with van der Waals surface area (Å²) in [5.74, 6) is 1.91.